The third kappa shape index (κ3) is 4.07. The van der Waals surface area contributed by atoms with Gasteiger partial charge in [0.25, 0.3) is 0 Å². The first kappa shape index (κ1) is 15.5. The zero-order valence-corrected chi connectivity index (χ0v) is 13.2. The molecule has 1 aliphatic heterocycles. The van der Waals surface area contributed by atoms with Crippen molar-refractivity contribution in [2.45, 2.75) is 32.0 Å². The summed E-state index contributed by atoms with van der Waals surface area (Å²) in [5, 5.41) is 6.17. The average Bonchev–Trinajstić information content (AvgIpc) is 3.03. The topological polar surface area (TPSA) is 63.2 Å². The van der Waals surface area contributed by atoms with Gasteiger partial charge in [-0.15, -0.1) is 0 Å². The van der Waals surface area contributed by atoms with Crippen LogP contribution >= 0.6 is 0 Å². The van der Waals surface area contributed by atoms with Crippen molar-refractivity contribution in [1.29, 1.82) is 0 Å². The summed E-state index contributed by atoms with van der Waals surface area (Å²) < 4.78 is 5.88. The molecule has 2 heterocycles. The molecule has 0 saturated carbocycles. The third-order valence-corrected chi connectivity index (χ3v) is 4.00. The number of hydrogen-bond donors (Lipinski definition) is 2. The lowest BCUT2D eigenvalue weighted by molar-refractivity contribution is -0.123. The van der Waals surface area contributed by atoms with E-state index >= 15 is 0 Å². The summed E-state index contributed by atoms with van der Waals surface area (Å²) in [6, 6.07) is 13.4. The molecule has 1 saturated heterocycles. The molecule has 5 nitrogen and oxygen atoms in total. The number of aromatic nitrogens is 1. The molecular formula is C18H21N3O2. The Bertz CT molecular complexity index is 660. The summed E-state index contributed by atoms with van der Waals surface area (Å²) in [5.74, 6) is 0.832. The van der Waals surface area contributed by atoms with E-state index < -0.39 is 0 Å². The molecule has 0 spiro atoms. The van der Waals surface area contributed by atoms with Crippen LogP contribution in [0.25, 0.3) is 0 Å². The second-order valence-corrected chi connectivity index (χ2v) is 5.73. The predicted molar refractivity (Wildman–Crippen MR) is 88.1 cm³/mol. The fraction of sp³-hybridized carbons (Fsp3) is 0.333. The van der Waals surface area contributed by atoms with Crippen molar-refractivity contribution in [3.63, 3.8) is 0 Å². The number of para-hydroxylation sites is 1. The number of nitrogens with one attached hydrogen (secondary N) is 2. The number of nitrogens with zero attached hydrogens (tertiary/aromatic N) is 1. The number of benzene rings is 1. The van der Waals surface area contributed by atoms with Gasteiger partial charge in [-0.05, 0) is 30.7 Å². The van der Waals surface area contributed by atoms with Gasteiger partial charge in [-0.25, -0.2) is 0 Å². The summed E-state index contributed by atoms with van der Waals surface area (Å²) >= 11 is 0. The molecule has 0 radical (unpaired) electrons. The van der Waals surface area contributed by atoms with Gasteiger partial charge in [-0.3, -0.25) is 9.78 Å². The van der Waals surface area contributed by atoms with E-state index in [0.29, 0.717) is 19.5 Å². The fourth-order valence-corrected chi connectivity index (χ4v) is 2.68. The minimum Gasteiger partial charge on any atom is -0.489 e. The molecule has 1 aliphatic rings. The van der Waals surface area contributed by atoms with E-state index in [4.69, 9.17) is 4.74 Å². The Hall–Kier alpha value is -2.40. The number of amides is 1. The first-order valence-electron chi connectivity index (χ1n) is 7.85. The van der Waals surface area contributed by atoms with Crippen molar-refractivity contribution in [3.05, 3.63) is 59.9 Å². The van der Waals surface area contributed by atoms with Crippen LogP contribution in [-0.4, -0.2) is 29.6 Å². The van der Waals surface area contributed by atoms with E-state index in [9.17, 15) is 4.79 Å². The average molecular weight is 311 g/mol. The highest BCUT2D eigenvalue weighted by Crippen LogP contribution is 2.17. The van der Waals surface area contributed by atoms with Gasteiger partial charge in [-0.2, -0.15) is 0 Å². The Morgan fingerprint density at radius 2 is 2.13 bits per heavy atom. The molecule has 0 bridgehead atoms. The largest absolute Gasteiger partial charge is 0.489 e. The van der Waals surface area contributed by atoms with Crippen LogP contribution in [0.3, 0.4) is 0 Å². The van der Waals surface area contributed by atoms with E-state index in [0.717, 1.165) is 17.0 Å². The number of rotatable bonds is 5. The highest BCUT2D eigenvalue weighted by atomic mass is 16.5. The van der Waals surface area contributed by atoms with E-state index in [1.807, 2.05) is 49.4 Å². The number of carbonyl (C=O) groups is 1. The number of aryl methyl sites for hydroxylation is 1. The van der Waals surface area contributed by atoms with Crippen LogP contribution in [0.2, 0.25) is 0 Å². The van der Waals surface area contributed by atoms with Crippen LogP contribution in [0.15, 0.2) is 48.7 Å². The lowest BCUT2D eigenvalue weighted by atomic mass is 10.1. The number of carbonyl (C=O) groups excluding carboxylic acids is 1. The smallest absolute Gasteiger partial charge is 0.237 e. The Labute approximate surface area is 136 Å². The summed E-state index contributed by atoms with van der Waals surface area (Å²) in [6.45, 7) is 3.12. The molecule has 1 aromatic carbocycles. The van der Waals surface area contributed by atoms with Crippen molar-refractivity contribution >= 4 is 5.91 Å². The van der Waals surface area contributed by atoms with Gasteiger partial charge < -0.3 is 15.4 Å². The molecule has 2 N–H and O–H groups in total. The number of hydrogen-bond acceptors (Lipinski definition) is 4. The Morgan fingerprint density at radius 3 is 2.91 bits per heavy atom. The van der Waals surface area contributed by atoms with Crippen molar-refractivity contribution in [2.24, 2.45) is 0 Å². The Balaban J connectivity index is 1.49. The molecule has 1 aromatic heterocycles. The molecule has 1 amide bonds. The highest BCUT2D eigenvalue weighted by molar-refractivity contribution is 5.82. The van der Waals surface area contributed by atoms with E-state index in [1.54, 1.807) is 6.20 Å². The maximum atomic E-state index is 12.3. The van der Waals surface area contributed by atoms with Gasteiger partial charge >= 0.3 is 0 Å². The van der Waals surface area contributed by atoms with Crippen LogP contribution in [-0.2, 0) is 11.3 Å². The lowest BCUT2D eigenvalue weighted by Gasteiger charge is -2.13. The van der Waals surface area contributed by atoms with Crippen LogP contribution in [0.1, 0.15) is 17.7 Å². The van der Waals surface area contributed by atoms with Gasteiger partial charge in [-0.1, -0.05) is 24.3 Å². The molecule has 2 aromatic rings. The molecular weight excluding hydrogens is 290 g/mol. The Morgan fingerprint density at radius 1 is 1.30 bits per heavy atom. The predicted octanol–water partition coefficient (Wildman–Crippen LogP) is 1.82. The van der Waals surface area contributed by atoms with Crippen LogP contribution in [0.4, 0.5) is 0 Å². The fourth-order valence-electron chi connectivity index (χ4n) is 2.68. The molecule has 5 heteroatoms. The zero-order chi connectivity index (χ0) is 16.1. The molecule has 1 fully saturated rings. The Kier molecular flexibility index (Phi) is 4.88. The molecule has 2 atom stereocenters. The summed E-state index contributed by atoms with van der Waals surface area (Å²) in [4.78, 5) is 16.6. The van der Waals surface area contributed by atoms with Gasteiger partial charge in [0.05, 0.1) is 18.3 Å². The van der Waals surface area contributed by atoms with E-state index in [2.05, 4.69) is 15.6 Å². The van der Waals surface area contributed by atoms with Gasteiger partial charge in [0.1, 0.15) is 11.9 Å². The van der Waals surface area contributed by atoms with Crippen LogP contribution in [0.5, 0.6) is 5.75 Å². The summed E-state index contributed by atoms with van der Waals surface area (Å²) in [7, 11) is 0. The summed E-state index contributed by atoms with van der Waals surface area (Å²) in [6.07, 6.45) is 2.43. The minimum atomic E-state index is -0.215. The molecule has 0 aliphatic carbocycles. The SMILES string of the molecule is Cc1cccnc1CNC(=O)[C@@H]1C[C@H](Oc2ccccc2)CN1. The van der Waals surface area contributed by atoms with Crippen molar-refractivity contribution < 1.29 is 9.53 Å². The quantitative estimate of drug-likeness (QED) is 0.884. The maximum absolute atomic E-state index is 12.3. The monoisotopic (exact) mass is 311 g/mol. The third-order valence-electron chi connectivity index (χ3n) is 4.00. The van der Waals surface area contributed by atoms with Gasteiger partial charge in [0.2, 0.25) is 5.91 Å². The molecule has 0 unspecified atom stereocenters. The zero-order valence-electron chi connectivity index (χ0n) is 13.2. The van der Waals surface area contributed by atoms with Crippen molar-refractivity contribution in [3.8, 4) is 5.75 Å². The van der Waals surface area contributed by atoms with Crippen molar-refractivity contribution in [2.75, 3.05) is 6.54 Å². The second-order valence-electron chi connectivity index (χ2n) is 5.73. The highest BCUT2D eigenvalue weighted by Gasteiger charge is 2.30. The van der Waals surface area contributed by atoms with E-state index in [-0.39, 0.29) is 18.1 Å². The molecule has 120 valence electrons. The van der Waals surface area contributed by atoms with Gasteiger partial charge in [0.15, 0.2) is 0 Å². The summed E-state index contributed by atoms with van der Waals surface area (Å²) in [5.41, 5.74) is 1.98. The van der Waals surface area contributed by atoms with Gasteiger partial charge in [0, 0.05) is 19.2 Å². The first-order chi connectivity index (χ1) is 11.2. The lowest BCUT2D eigenvalue weighted by Crippen LogP contribution is -2.40. The second kappa shape index (κ2) is 7.24. The molecule has 3 rings (SSSR count). The first-order valence-corrected chi connectivity index (χ1v) is 7.85. The standard InChI is InChI=1S/C18H21N3O2/c1-13-6-5-9-19-17(13)12-21-18(22)16-10-15(11-20-16)23-14-7-3-2-4-8-14/h2-9,15-16,20H,10-12H2,1H3,(H,21,22)/t15-,16-/m0/s1. The molecule has 23 heavy (non-hydrogen) atoms. The maximum Gasteiger partial charge on any atom is 0.237 e. The van der Waals surface area contributed by atoms with Crippen LogP contribution in [0, 0.1) is 6.92 Å². The number of ether oxygens (including phenoxy) is 1. The van der Waals surface area contributed by atoms with E-state index in [1.165, 1.54) is 0 Å². The van der Waals surface area contributed by atoms with Crippen LogP contribution < -0.4 is 15.4 Å². The minimum absolute atomic E-state index is 0.00536. The number of pyridine rings is 1. The van der Waals surface area contributed by atoms with Crippen molar-refractivity contribution in [1.82, 2.24) is 15.6 Å². The normalized spacial score (nSPS) is 20.2.